The molecule has 2 unspecified atom stereocenters. The Kier molecular flexibility index (Phi) is 5.69. The molecule has 2 N–H and O–H groups in total. The van der Waals surface area contributed by atoms with Gasteiger partial charge in [-0.1, -0.05) is 42.8 Å². The summed E-state index contributed by atoms with van der Waals surface area (Å²) in [5.41, 5.74) is -1.33. The number of methoxy groups -OCH3 is 1. The zero-order chi connectivity index (χ0) is 27.1. The number of aliphatic hydroxyl groups excluding tert-OH is 1. The van der Waals surface area contributed by atoms with Crippen LogP contribution < -0.4 is 5.32 Å². The Bertz CT molecular complexity index is 1250. The number of nitrogens with zero attached hydrogens (tertiary/aromatic N) is 1. The lowest BCUT2D eigenvalue weighted by atomic mass is 9.50. The number of rotatable bonds is 4. The van der Waals surface area contributed by atoms with Crippen LogP contribution >= 0.6 is 0 Å². The summed E-state index contributed by atoms with van der Waals surface area (Å²) >= 11 is 0. The van der Waals surface area contributed by atoms with Gasteiger partial charge in [0.2, 0.25) is 0 Å². The average molecular weight is 532 g/mol. The van der Waals surface area contributed by atoms with Crippen molar-refractivity contribution in [2.75, 3.05) is 27.7 Å². The van der Waals surface area contributed by atoms with Crippen molar-refractivity contribution in [2.45, 2.75) is 62.3 Å². The number of hydrogen-bond acceptors (Lipinski definition) is 4. The summed E-state index contributed by atoms with van der Waals surface area (Å²) in [7, 11) is 5.95. The van der Waals surface area contributed by atoms with E-state index in [0.29, 0.717) is 12.0 Å². The molecule has 0 radical (unpaired) electrons. The van der Waals surface area contributed by atoms with E-state index < -0.39 is 35.2 Å². The molecule has 6 rings (SSSR count). The molecule has 6 atom stereocenters. The van der Waals surface area contributed by atoms with Gasteiger partial charge in [0, 0.05) is 36.8 Å². The normalized spacial score (nSPS) is 37.4. The van der Waals surface area contributed by atoms with Crippen molar-refractivity contribution in [3.05, 3.63) is 64.8 Å². The summed E-state index contributed by atoms with van der Waals surface area (Å²) in [6.45, 7) is 0.993. The van der Waals surface area contributed by atoms with Crippen molar-refractivity contribution in [1.29, 1.82) is 0 Å². The van der Waals surface area contributed by atoms with Gasteiger partial charge in [-0.25, -0.2) is 0 Å². The van der Waals surface area contributed by atoms with Crippen LogP contribution in [0.25, 0.3) is 5.76 Å². The number of halogens is 3. The predicted octanol–water partition coefficient (Wildman–Crippen LogP) is 4.65. The lowest BCUT2D eigenvalue weighted by molar-refractivity contribution is -0.928. The summed E-state index contributed by atoms with van der Waals surface area (Å²) in [4.78, 5) is 13.4. The smallest absolute Gasteiger partial charge is 0.425 e. The van der Waals surface area contributed by atoms with Crippen LogP contribution in [0, 0.1) is 11.3 Å². The van der Waals surface area contributed by atoms with E-state index in [-0.39, 0.29) is 17.1 Å². The molecule has 2 heterocycles. The van der Waals surface area contributed by atoms with Gasteiger partial charge in [0.1, 0.15) is 11.9 Å². The van der Waals surface area contributed by atoms with Gasteiger partial charge in [0.05, 0.1) is 32.8 Å². The Hall–Kier alpha value is -2.62. The summed E-state index contributed by atoms with van der Waals surface area (Å²) < 4.78 is 56.0. The number of nitrogens with one attached hydrogen (secondary N) is 1. The minimum absolute atomic E-state index is 0.0685. The zero-order valence-corrected chi connectivity index (χ0v) is 21.8. The zero-order valence-electron chi connectivity index (χ0n) is 21.8. The molecule has 9 heteroatoms. The Morgan fingerprint density at radius 2 is 1.95 bits per heavy atom. The Morgan fingerprint density at radius 1 is 1.21 bits per heavy atom. The highest BCUT2D eigenvalue weighted by atomic mass is 19.4. The molecule has 1 saturated carbocycles. The third-order valence-corrected chi connectivity index (χ3v) is 9.88. The first-order chi connectivity index (χ1) is 17.9. The van der Waals surface area contributed by atoms with Crippen molar-refractivity contribution in [3.8, 4) is 0 Å². The maximum Gasteiger partial charge on any atom is 0.425 e. The van der Waals surface area contributed by atoms with Crippen molar-refractivity contribution < 1.29 is 37.0 Å². The number of aliphatic hydroxyl groups is 1. The minimum Gasteiger partial charge on any atom is -0.506 e. The third kappa shape index (κ3) is 3.47. The second-order valence-electron chi connectivity index (χ2n) is 11.9. The van der Waals surface area contributed by atoms with Crippen molar-refractivity contribution in [3.63, 3.8) is 0 Å². The van der Waals surface area contributed by atoms with E-state index >= 15 is 0 Å². The van der Waals surface area contributed by atoms with Gasteiger partial charge in [-0.05, 0) is 30.1 Å². The van der Waals surface area contributed by atoms with Gasteiger partial charge in [-0.3, -0.25) is 4.79 Å². The van der Waals surface area contributed by atoms with E-state index in [4.69, 9.17) is 9.47 Å². The molecule has 2 aliphatic heterocycles. The molecular formula is C29H34F3N2O4+. The fourth-order valence-electron chi connectivity index (χ4n) is 8.12. The highest BCUT2D eigenvalue weighted by Gasteiger charge is 2.70. The number of amides is 1. The Balaban J connectivity index is 1.41. The number of piperidine rings is 1. The first kappa shape index (κ1) is 25.6. The largest absolute Gasteiger partial charge is 0.506 e. The van der Waals surface area contributed by atoms with Gasteiger partial charge in [0.25, 0.3) is 5.91 Å². The van der Waals surface area contributed by atoms with E-state index in [0.717, 1.165) is 54.3 Å². The number of carbonyl (C=O) groups excluding carboxylic acids is 1. The molecule has 38 heavy (non-hydrogen) atoms. The molecule has 3 fully saturated rings. The highest BCUT2D eigenvalue weighted by Crippen LogP contribution is 2.66. The standard InChI is InChI=1S/C29H33F3N2O4/c1-34(2)15-14-27-19-10-7-11-21(27)38-25-22(27)18(16-20(19)34)12-13-28(25,37-3)33-26(36)23(29(30,31)32)24(35)17-8-5-4-6-9-17/h4-6,8-9,12-13,19-21,25H,7,10-11,14-16H2,1-3H3,(H-,33,35,36)/p+1/t19-,20+,21-,25?,27+,28?/m0/s1. The van der Waals surface area contributed by atoms with E-state index in [1.807, 2.05) is 6.08 Å². The van der Waals surface area contributed by atoms with Crippen molar-refractivity contribution >= 4 is 11.7 Å². The van der Waals surface area contributed by atoms with Crippen LogP contribution in [-0.2, 0) is 14.3 Å². The van der Waals surface area contributed by atoms with Crippen molar-refractivity contribution in [1.82, 2.24) is 5.32 Å². The fourth-order valence-corrected chi connectivity index (χ4v) is 8.12. The van der Waals surface area contributed by atoms with Crippen molar-refractivity contribution in [2.24, 2.45) is 11.3 Å². The van der Waals surface area contributed by atoms with Crippen LogP contribution in [-0.4, -0.2) is 73.4 Å². The highest BCUT2D eigenvalue weighted by molar-refractivity contribution is 6.01. The molecule has 1 amide bonds. The summed E-state index contributed by atoms with van der Waals surface area (Å²) in [5.74, 6) is -2.18. The van der Waals surface area contributed by atoms with Crippen LogP contribution in [0.2, 0.25) is 0 Å². The third-order valence-electron chi connectivity index (χ3n) is 9.88. The predicted molar refractivity (Wildman–Crippen MR) is 135 cm³/mol. The second-order valence-corrected chi connectivity index (χ2v) is 11.9. The minimum atomic E-state index is -5.10. The Labute approximate surface area is 220 Å². The lowest BCUT2D eigenvalue weighted by Gasteiger charge is -2.60. The Morgan fingerprint density at radius 3 is 2.63 bits per heavy atom. The van der Waals surface area contributed by atoms with Gasteiger partial charge >= 0.3 is 6.18 Å². The fraction of sp³-hybridized carbons (Fsp3) is 0.552. The molecule has 2 bridgehead atoms. The molecule has 1 spiro atoms. The quantitative estimate of drug-likeness (QED) is 0.257. The summed E-state index contributed by atoms with van der Waals surface area (Å²) in [5, 5.41) is 13.1. The van der Waals surface area contributed by atoms with Gasteiger partial charge in [0.15, 0.2) is 11.3 Å². The molecular weight excluding hydrogens is 497 g/mol. The average Bonchev–Trinajstić information content (AvgIpc) is 3.22. The van der Waals surface area contributed by atoms with Crippen LogP contribution in [0.4, 0.5) is 13.2 Å². The number of ether oxygens (including phenoxy) is 2. The number of alkyl halides is 3. The van der Waals surface area contributed by atoms with Crippen LogP contribution in [0.1, 0.15) is 37.7 Å². The van der Waals surface area contributed by atoms with Gasteiger partial charge in [-0.15, -0.1) is 0 Å². The maximum atomic E-state index is 14.2. The number of carbonyl (C=O) groups is 1. The first-order valence-electron chi connectivity index (χ1n) is 13.3. The summed E-state index contributed by atoms with van der Waals surface area (Å²) in [6.07, 6.45) is 2.46. The molecule has 1 aromatic rings. The van der Waals surface area contributed by atoms with E-state index in [1.54, 1.807) is 12.1 Å². The number of likely N-dealkylation sites (tertiary alicyclic amines) is 1. The number of quaternary nitrogens is 1. The van der Waals surface area contributed by atoms with Gasteiger partial charge in [-0.2, -0.15) is 13.2 Å². The monoisotopic (exact) mass is 531 g/mol. The van der Waals surface area contributed by atoms with E-state index in [1.165, 1.54) is 31.4 Å². The molecule has 1 aromatic carbocycles. The van der Waals surface area contributed by atoms with Crippen LogP contribution in [0.3, 0.4) is 0 Å². The molecule has 3 aliphatic carbocycles. The second kappa shape index (κ2) is 8.44. The molecule has 2 saturated heterocycles. The molecule has 6 nitrogen and oxygen atoms in total. The molecule has 204 valence electrons. The van der Waals surface area contributed by atoms with E-state index in [2.05, 4.69) is 19.4 Å². The first-order valence-corrected chi connectivity index (χ1v) is 13.3. The lowest BCUT2D eigenvalue weighted by Crippen LogP contribution is -2.67. The number of benzene rings is 1. The van der Waals surface area contributed by atoms with E-state index in [9.17, 15) is 23.1 Å². The SMILES string of the molecule is COC1(NC(=O)C(=C(O)c2ccccc2)C(F)(F)F)C=CC2=C3C1O[C@H]1CCC[C@H]4[C@@H](C2)[N+](C)(C)CC[C@]314. The van der Waals surface area contributed by atoms with Crippen LogP contribution in [0.15, 0.2) is 59.2 Å². The van der Waals surface area contributed by atoms with Crippen LogP contribution in [0.5, 0.6) is 0 Å². The topological polar surface area (TPSA) is 67.8 Å². The summed E-state index contributed by atoms with van der Waals surface area (Å²) in [6, 6.07) is 7.70. The molecule has 0 aromatic heterocycles. The number of hydrogen-bond donors (Lipinski definition) is 2. The molecule has 5 aliphatic rings. The van der Waals surface area contributed by atoms with Gasteiger partial charge < -0.3 is 24.4 Å². The maximum absolute atomic E-state index is 14.2. The number of allylic oxidation sites excluding steroid dienone is 1.